The number of hydrogen-bond acceptors (Lipinski definition) is 2. The van der Waals surface area contributed by atoms with Gasteiger partial charge in [-0.2, -0.15) is 0 Å². The highest BCUT2D eigenvalue weighted by atomic mass is 16.6. The molecule has 1 aliphatic heterocycles. The van der Waals surface area contributed by atoms with Crippen LogP contribution in [0.15, 0.2) is 0 Å². The molecule has 1 fully saturated rings. The van der Waals surface area contributed by atoms with Crippen molar-refractivity contribution in [3.8, 4) is 0 Å². The summed E-state index contributed by atoms with van der Waals surface area (Å²) < 4.78 is 5.22. The number of nitrogens with zero attached hydrogens (tertiary/aromatic N) is 1. The molecule has 1 rings (SSSR count). The quantitative estimate of drug-likeness (QED) is 0.364. The van der Waals surface area contributed by atoms with E-state index < -0.39 is 0 Å². The van der Waals surface area contributed by atoms with Gasteiger partial charge in [0.1, 0.15) is 13.1 Å². The lowest BCUT2D eigenvalue weighted by Crippen LogP contribution is -2.50. The monoisotopic (exact) mass is 229 g/mol. The first kappa shape index (κ1) is 13.9. The molecule has 3 nitrogen and oxygen atoms in total. The van der Waals surface area contributed by atoms with E-state index >= 15 is 0 Å². The molecular formula is C13H27NO2. The minimum absolute atomic E-state index is 0.00500. The van der Waals surface area contributed by atoms with Crippen molar-refractivity contribution in [1.82, 2.24) is 0 Å². The average Bonchev–Trinajstić information content (AvgIpc) is 2.29. The summed E-state index contributed by atoms with van der Waals surface area (Å²) in [6, 6.07) is 0. The van der Waals surface area contributed by atoms with E-state index in [1.165, 1.54) is 38.5 Å². The number of unbranched alkanes of at least 4 members (excludes halogenated alkanes) is 6. The smallest absolute Gasteiger partial charge is 0.102 e. The van der Waals surface area contributed by atoms with Crippen LogP contribution in [0.2, 0.25) is 0 Å². The van der Waals surface area contributed by atoms with Crippen LogP contribution in [0.4, 0.5) is 0 Å². The van der Waals surface area contributed by atoms with Crippen LogP contribution < -0.4 is 0 Å². The van der Waals surface area contributed by atoms with Gasteiger partial charge < -0.3 is 14.6 Å². The van der Waals surface area contributed by atoms with Gasteiger partial charge in [0, 0.05) is 0 Å². The largest absolute Gasteiger partial charge is 0.633 e. The molecule has 0 aromatic heterocycles. The first-order chi connectivity index (χ1) is 7.77. The summed E-state index contributed by atoms with van der Waals surface area (Å²) in [6.07, 6.45) is 9.00. The molecule has 0 saturated carbocycles. The second-order valence-electron chi connectivity index (χ2n) is 4.96. The lowest BCUT2D eigenvalue weighted by Gasteiger charge is -2.45. The van der Waals surface area contributed by atoms with Crippen LogP contribution in [-0.4, -0.2) is 37.5 Å². The summed E-state index contributed by atoms with van der Waals surface area (Å²) >= 11 is 0. The molecule has 0 N–H and O–H groups in total. The average molecular weight is 229 g/mol. The van der Waals surface area contributed by atoms with Gasteiger partial charge in [-0.25, -0.2) is 0 Å². The molecule has 0 unspecified atom stereocenters. The Kier molecular flexibility index (Phi) is 7.01. The second kappa shape index (κ2) is 8.04. The van der Waals surface area contributed by atoms with Gasteiger partial charge >= 0.3 is 0 Å². The maximum atomic E-state index is 12.1. The topological polar surface area (TPSA) is 32.3 Å². The van der Waals surface area contributed by atoms with Gasteiger partial charge in [-0.1, -0.05) is 39.0 Å². The Bertz CT molecular complexity index is 167. The summed E-state index contributed by atoms with van der Waals surface area (Å²) in [5.74, 6) is 0. The fraction of sp³-hybridized carbons (Fsp3) is 1.00. The van der Waals surface area contributed by atoms with Gasteiger partial charge in [0.15, 0.2) is 0 Å². The van der Waals surface area contributed by atoms with Gasteiger partial charge in [0.2, 0.25) is 0 Å². The fourth-order valence-corrected chi connectivity index (χ4v) is 2.26. The highest BCUT2D eigenvalue weighted by molar-refractivity contribution is 4.52. The molecule has 0 aliphatic carbocycles. The zero-order valence-electron chi connectivity index (χ0n) is 10.7. The molecule has 3 heteroatoms. The molecule has 1 aliphatic rings. The van der Waals surface area contributed by atoms with Crippen LogP contribution in [0.1, 0.15) is 51.9 Å². The lowest BCUT2D eigenvalue weighted by molar-refractivity contribution is -0.888. The Balaban J connectivity index is 1.93. The lowest BCUT2D eigenvalue weighted by atomic mass is 10.1. The van der Waals surface area contributed by atoms with Crippen LogP contribution in [0.5, 0.6) is 0 Å². The van der Waals surface area contributed by atoms with E-state index in [2.05, 4.69) is 6.92 Å². The second-order valence-corrected chi connectivity index (χ2v) is 4.96. The summed E-state index contributed by atoms with van der Waals surface area (Å²) in [5.41, 5.74) is 0. The summed E-state index contributed by atoms with van der Waals surface area (Å²) in [7, 11) is 0. The van der Waals surface area contributed by atoms with Crippen LogP contribution in [-0.2, 0) is 4.74 Å². The Morgan fingerprint density at radius 3 is 2.12 bits per heavy atom. The third-order valence-corrected chi connectivity index (χ3v) is 3.46. The van der Waals surface area contributed by atoms with Gasteiger partial charge in [0.25, 0.3) is 0 Å². The number of morpholine rings is 1. The number of ether oxygens (including phenoxy) is 1. The zero-order chi connectivity index (χ0) is 11.7. The molecule has 0 bridgehead atoms. The predicted molar refractivity (Wildman–Crippen MR) is 67.0 cm³/mol. The SMILES string of the molecule is CCCCCCCCC[N+]1([O-])CCOCC1. The van der Waals surface area contributed by atoms with E-state index in [0.717, 1.165) is 13.0 Å². The molecule has 0 spiro atoms. The number of hydroxylamine groups is 3. The normalized spacial score (nSPS) is 19.9. The Labute approximate surface area is 99.9 Å². The van der Waals surface area contributed by atoms with E-state index in [0.29, 0.717) is 26.3 Å². The van der Waals surface area contributed by atoms with Crippen molar-refractivity contribution in [2.45, 2.75) is 51.9 Å². The van der Waals surface area contributed by atoms with Crippen molar-refractivity contribution in [3.63, 3.8) is 0 Å². The maximum absolute atomic E-state index is 12.1. The Morgan fingerprint density at radius 1 is 0.938 bits per heavy atom. The molecular weight excluding hydrogens is 202 g/mol. The third-order valence-electron chi connectivity index (χ3n) is 3.46. The highest BCUT2D eigenvalue weighted by Gasteiger charge is 2.19. The molecule has 0 atom stereocenters. The highest BCUT2D eigenvalue weighted by Crippen LogP contribution is 2.13. The summed E-state index contributed by atoms with van der Waals surface area (Å²) in [5, 5.41) is 12.1. The van der Waals surface area contributed by atoms with Crippen molar-refractivity contribution in [2.24, 2.45) is 0 Å². The first-order valence-corrected chi connectivity index (χ1v) is 6.92. The molecule has 0 aromatic rings. The molecule has 1 heterocycles. The zero-order valence-corrected chi connectivity index (χ0v) is 10.7. The number of rotatable bonds is 8. The minimum atomic E-state index is -0.00500. The summed E-state index contributed by atoms with van der Waals surface area (Å²) in [6.45, 7) is 5.67. The van der Waals surface area contributed by atoms with Gasteiger partial charge in [-0.05, 0) is 12.8 Å². The van der Waals surface area contributed by atoms with Crippen molar-refractivity contribution < 1.29 is 9.38 Å². The van der Waals surface area contributed by atoms with Crippen LogP contribution >= 0.6 is 0 Å². The molecule has 96 valence electrons. The van der Waals surface area contributed by atoms with E-state index in [1.807, 2.05) is 0 Å². The third kappa shape index (κ3) is 5.83. The van der Waals surface area contributed by atoms with Crippen molar-refractivity contribution in [3.05, 3.63) is 5.21 Å². The Hall–Kier alpha value is -0.120. The molecule has 16 heavy (non-hydrogen) atoms. The van der Waals surface area contributed by atoms with Crippen molar-refractivity contribution in [1.29, 1.82) is 0 Å². The van der Waals surface area contributed by atoms with Gasteiger partial charge in [-0.15, -0.1) is 0 Å². The minimum Gasteiger partial charge on any atom is -0.633 e. The van der Waals surface area contributed by atoms with Gasteiger partial charge in [0.05, 0.1) is 19.8 Å². The number of hydrogen-bond donors (Lipinski definition) is 0. The van der Waals surface area contributed by atoms with Crippen molar-refractivity contribution >= 4 is 0 Å². The van der Waals surface area contributed by atoms with E-state index in [9.17, 15) is 5.21 Å². The first-order valence-electron chi connectivity index (χ1n) is 6.92. The van der Waals surface area contributed by atoms with Crippen LogP contribution in [0, 0.1) is 5.21 Å². The Morgan fingerprint density at radius 2 is 1.50 bits per heavy atom. The van der Waals surface area contributed by atoms with Crippen molar-refractivity contribution in [2.75, 3.05) is 32.8 Å². The molecule has 0 radical (unpaired) electrons. The fourth-order valence-electron chi connectivity index (χ4n) is 2.26. The molecule has 0 aromatic carbocycles. The van der Waals surface area contributed by atoms with Crippen LogP contribution in [0.25, 0.3) is 0 Å². The number of quaternary nitrogens is 1. The predicted octanol–water partition coefficient (Wildman–Crippen LogP) is 3.08. The van der Waals surface area contributed by atoms with Crippen LogP contribution in [0.3, 0.4) is 0 Å². The standard InChI is InChI=1S/C13H27NO2/c1-2-3-4-5-6-7-8-9-14(15)10-12-16-13-11-14/h2-13H2,1H3. The van der Waals surface area contributed by atoms with Gasteiger partial charge in [-0.3, -0.25) is 0 Å². The maximum Gasteiger partial charge on any atom is 0.102 e. The molecule has 0 amide bonds. The molecule has 1 saturated heterocycles. The van der Waals surface area contributed by atoms with E-state index in [4.69, 9.17) is 4.74 Å². The van der Waals surface area contributed by atoms with E-state index in [1.54, 1.807) is 0 Å². The summed E-state index contributed by atoms with van der Waals surface area (Å²) in [4.78, 5) is 0. The van der Waals surface area contributed by atoms with E-state index in [-0.39, 0.29) is 4.65 Å².